The molecule has 0 saturated heterocycles. The van der Waals surface area contributed by atoms with Crippen LogP contribution >= 0.6 is 11.3 Å². The van der Waals surface area contributed by atoms with Gasteiger partial charge >= 0.3 is 0 Å². The van der Waals surface area contributed by atoms with Crippen LogP contribution in [0, 0.1) is 0 Å². The Hall–Kier alpha value is -2.52. The van der Waals surface area contributed by atoms with Crippen molar-refractivity contribution in [2.75, 3.05) is 0 Å². The smallest absolute Gasteiger partial charge is 0.136 e. The zero-order valence-electron chi connectivity index (χ0n) is 13.8. The molecule has 0 bridgehead atoms. The molecule has 0 saturated carbocycles. The molecule has 1 atom stereocenters. The first-order chi connectivity index (χ1) is 11.6. The Morgan fingerprint density at radius 2 is 1.71 bits per heavy atom. The summed E-state index contributed by atoms with van der Waals surface area (Å²) in [7, 11) is 0. The van der Waals surface area contributed by atoms with Gasteiger partial charge < -0.3 is 0 Å². The van der Waals surface area contributed by atoms with E-state index in [0.717, 1.165) is 32.9 Å². The zero-order chi connectivity index (χ0) is 16.7. The average molecular weight is 330 g/mol. The Morgan fingerprint density at radius 1 is 1.00 bits per heavy atom. The van der Waals surface area contributed by atoms with Crippen LogP contribution in [0.5, 0.6) is 0 Å². The van der Waals surface area contributed by atoms with Crippen molar-refractivity contribution in [3.63, 3.8) is 0 Å². The lowest BCUT2D eigenvalue weighted by atomic mass is 10.0. The van der Waals surface area contributed by atoms with Crippen LogP contribution < -0.4 is 0 Å². The van der Waals surface area contributed by atoms with Gasteiger partial charge in [0.2, 0.25) is 0 Å². The van der Waals surface area contributed by atoms with Crippen molar-refractivity contribution in [1.82, 2.24) is 9.97 Å². The van der Waals surface area contributed by atoms with Crippen LogP contribution in [0.15, 0.2) is 66.7 Å². The number of thiophene rings is 1. The molecule has 4 rings (SSSR count). The summed E-state index contributed by atoms with van der Waals surface area (Å²) in [4.78, 5) is 9.84. The monoisotopic (exact) mass is 330 g/mol. The molecule has 0 N–H and O–H groups in total. The molecule has 2 heterocycles. The molecule has 118 valence electrons. The minimum atomic E-state index is 0.135. The second-order valence-electron chi connectivity index (χ2n) is 6.14. The third-order valence-corrected chi connectivity index (χ3v) is 5.58. The first kappa shape index (κ1) is 15.0. The molecule has 0 aliphatic carbocycles. The number of aromatic nitrogens is 2. The second-order valence-corrected chi connectivity index (χ2v) is 7.19. The molecule has 0 amide bonds. The van der Waals surface area contributed by atoms with E-state index in [9.17, 15) is 0 Å². The molecular formula is C21H18N2S. The number of rotatable bonds is 3. The fourth-order valence-corrected chi connectivity index (χ4v) is 3.97. The summed E-state index contributed by atoms with van der Waals surface area (Å²) in [5.41, 5.74) is 4.27. The highest BCUT2D eigenvalue weighted by atomic mass is 32.1. The topological polar surface area (TPSA) is 25.8 Å². The summed E-state index contributed by atoms with van der Waals surface area (Å²) in [6.45, 7) is 8.24. The summed E-state index contributed by atoms with van der Waals surface area (Å²) in [6.07, 6.45) is 0. The normalized spacial score (nSPS) is 12.6. The van der Waals surface area contributed by atoms with Crippen LogP contribution in [0.1, 0.15) is 25.6 Å². The standard InChI is InChI=1S/C21H18N2S/c1-13(2)14(3)21-22-18(15-9-5-4-6-10-15)20-19(23-21)16-11-7-8-12-17(16)24-20/h4-12,14H,1H2,2-3H3. The maximum atomic E-state index is 4.93. The Morgan fingerprint density at radius 3 is 2.46 bits per heavy atom. The molecule has 24 heavy (non-hydrogen) atoms. The number of fused-ring (bicyclic) bond motifs is 3. The van der Waals surface area contributed by atoms with E-state index in [1.165, 1.54) is 10.1 Å². The van der Waals surface area contributed by atoms with Crippen LogP contribution in [-0.4, -0.2) is 9.97 Å². The third kappa shape index (κ3) is 2.42. The SMILES string of the molecule is C=C(C)C(C)c1nc(-c2ccccc2)c2sc3ccccc3c2n1. The first-order valence-electron chi connectivity index (χ1n) is 8.05. The van der Waals surface area contributed by atoms with Gasteiger partial charge in [0, 0.05) is 21.6 Å². The van der Waals surface area contributed by atoms with Crippen LogP contribution in [-0.2, 0) is 0 Å². The van der Waals surface area contributed by atoms with E-state index in [1.807, 2.05) is 13.0 Å². The summed E-state index contributed by atoms with van der Waals surface area (Å²) >= 11 is 1.76. The van der Waals surface area contributed by atoms with Crippen LogP contribution in [0.2, 0.25) is 0 Å². The molecule has 2 aromatic heterocycles. The van der Waals surface area contributed by atoms with Gasteiger partial charge in [0.05, 0.1) is 15.9 Å². The van der Waals surface area contributed by atoms with Crippen molar-refractivity contribution in [3.8, 4) is 11.3 Å². The number of hydrogen-bond donors (Lipinski definition) is 0. The van der Waals surface area contributed by atoms with Gasteiger partial charge in [0.1, 0.15) is 5.82 Å². The lowest BCUT2D eigenvalue weighted by Crippen LogP contribution is -2.03. The van der Waals surface area contributed by atoms with Gasteiger partial charge in [0.25, 0.3) is 0 Å². The summed E-state index contributed by atoms with van der Waals surface area (Å²) in [6, 6.07) is 18.8. The predicted molar refractivity (Wildman–Crippen MR) is 104 cm³/mol. The summed E-state index contributed by atoms with van der Waals surface area (Å²) in [5.74, 6) is 0.980. The van der Waals surface area contributed by atoms with Crippen molar-refractivity contribution >= 4 is 31.6 Å². The van der Waals surface area contributed by atoms with E-state index in [0.29, 0.717) is 0 Å². The minimum absolute atomic E-state index is 0.135. The molecule has 0 spiro atoms. The third-order valence-electron chi connectivity index (χ3n) is 4.41. The lowest BCUT2D eigenvalue weighted by molar-refractivity contribution is 0.813. The molecule has 3 heteroatoms. The van der Waals surface area contributed by atoms with E-state index in [4.69, 9.17) is 9.97 Å². The molecule has 2 aromatic carbocycles. The van der Waals surface area contributed by atoms with E-state index in [1.54, 1.807) is 11.3 Å². The second kappa shape index (κ2) is 5.84. The Kier molecular flexibility index (Phi) is 3.66. The van der Waals surface area contributed by atoms with Crippen LogP contribution in [0.3, 0.4) is 0 Å². The lowest BCUT2D eigenvalue weighted by Gasteiger charge is -2.12. The summed E-state index contributed by atoms with van der Waals surface area (Å²) in [5, 5.41) is 1.20. The van der Waals surface area contributed by atoms with E-state index < -0.39 is 0 Å². The molecule has 2 nitrogen and oxygen atoms in total. The molecule has 0 fully saturated rings. The van der Waals surface area contributed by atoms with Crippen molar-refractivity contribution < 1.29 is 0 Å². The number of nitrogens with zero attached hydrogens (tertiary/aromatic N) is 2. The highest BCUT2D eigenvalue weighted by molar-refractivity contribution is 7.26. The predicted octanol–water partition coefficient (Wildman–Crippen LogP) is 6.19. The van der Waals surface area contributed by atoms with Crippen molar-refractivity contribution in [2.24, 2.45) is 0 Å². The number of benzene rings is 2. The van der Waals surface area contributed by atoms with Gasteiger partial charge in [0.15, 0.2) is 0 Å². The van der Waals surface area contributed by atoms with Gasteiger partial charge in [-0.05, 0) is 13.0 Å². The molecule has 4 aromatic rings. The minimum Gasteiger partial charge on any atom is -0.231 e. The van der Waals surface area contributed by atoms with Gasteiger partial charge in [-0.3, -0.25) is 0 Å². The van der Waals surface area contributed by atoms with Crippen molar-refractivity contribution in [3.05, 3.63) is 72.6 Å². The fraction of sp³-hybridized carbons (Fsp3) is 0.143. The maximum absolute atomic E-state index is 4.93. The Labute approximate surface area is 145 Å². The maximum Gasteiger partial charge on any atom is 0.136 e. The van der Waals surface area contributed by atoms with E-state index in [-0.39, 0.29) is 5.92 Å². The highest BCUT2D eigenvalue weighted by Gasteiger charge is 2.18. The fourth-order valence-electron chi connectivity index (χ4n) is 2.81. The number of allylic oxidation sites excluding steroid dienone is 1. The quantitative estimate of drug-likeness (QED) is 0.418. The molecule has 0 radical (unpaired) electrons. The number of hydrogen-bond acceptors (Lipinski definition) is 3. The highest BCUT2D eigenvalue weighted by Crippen LogP contribution is 2.39. The van der Waals surface area contributed by atoms with Gasteiger partial charge in [-0.2, -0.15) is 0 Å². The molecule has 0 aliphatic rings. The molecular weight excluding hydrogens is 312 g/mol. The largest absolute Gasteiger partial charge is 0.231 e. The van der Waals surface area contributed by atoms with E-state index in [2.05, 4.69) is 62.0 Å². The Bertz CT molecular complexity index is 1050. The van der Waals surface area contributed by atoms with Gasteiger partial charge in [-0.25, -0.2) is 9.97 Å². The van der Waals surface area contributed by atoms with Crippen molar-refractivity contribution in [1.29, 1.82) is 0 Å². The van der Waals surface area contributed by atoms with Gasteiger partial charge in [-0.1, -0.05) is 67.6 Å². The zero-order valence-corrected chi connectivity index (χ0v) is 14.6. The molecule has 0 aliphatic heterocycles. The average Bonchev–Trinajstić information content (AvgIpc) is 2.99. The van der Waals surface area contributed by atoms with E-state index >= 15 is 0 Å². The van der Waals surface area contributed by atoms with Crippen LogP contribution in [0.4, 0.5) is 0 Å². The molecule has 1 unspecified atom stereocenters. The van der Waals surface area contributed by atoms with Gasteiger partial charge in [-0.15, -0.1) is 11.3 Å². The Balaban J connectivity index is 2.10. The summed E-state index contributed by atoms with van der Waals surface area (Å²) < 4.78 is 2.40. The van der Waals surface area contributed by atoms with Crippen molar-refractivity contribution in [2.45, 2.75) is 19.8 Å². The van der Waals surface area contributed by atoms with Crippen LogP contribution in [0.25, 0.3) is 31.6 Å². The first-order valence-corrected chi connectivity index (χ1v) is 8.87.